The number of hydrogen-bond donors (Lipinski definition) is 0. The Hall–Kier alpha value is -5.76. The highest BCUT2D eigenvalue weighted by atomic mass is 15.4. The molecule has 3 aromatic heterocycles. The van der Waals surface area contributed by atoms with Crippen LogP contribution in [-0.4, -0.2) is 40.2 Å². The first-order valence-electron chi connectivity index (χ1n) is 14.2. The monoisotopic (exact) mass is 558 g/mol. The van der Waals surface area contributed by atoms with Crippen molar-refractivity contribution in [3.05, 3.63) is 140 Å². The molecular weight excluding hydrogens is 532 g/mol. The van der Waals surface area contributed by atoms with Gasteiger partial charge in [0.25, 0.3) is 0 Å². The quantitative estimate of drug-likeness (QED) is 0.226. The molecule has 0 amide bonds. The van der Waals surface area contributed by atoms with Gasteiger partial charge in [0.05, 0.1) is 16.9 Å². The Morgan fingerprint density at radius 1 is 0.651 bits per heavy atom. The van der Waals surface area contributed by atoms with Crippen molar-refractivity contribution < 1.29 is 0 Å². The maximum absolute atomic E-state index is 4.85. The van der Waals surface area contributed by atoms with Crippen molar-refractivity contribution in [2.24, 2.45) is 0 Å². The molecule has 206 valence electrons. The van der Waals surface area contributed by atoms with Crippen LogP contribution in [0.25, 0.3) is 39.9 Å². The maximum Gasteiger partial charge on any atom is 0.238 e. The molecule has 0 N–H and O–H groups in total. The molecule has 0 spiro atoms. The van der Waals surface area contributed by atoms with Crippen LogP contribution in [0.4, 0.5) is 11.6 Å². The third-order valence-electron chi connectivity index (χ3n) is 8.24. The van der Waals surface area contributed by atoms with Crippen molar-refractivity contribution in [2.45, 2.75) is 18.4 Å². The van der Waals surface area contributed by atoms with E-state index in [4.69, 9.17) is 15.2 Å². The molecule has 8 heteroatoms. The van der Waals surface area contributed by atoms with E-state index in [0.717, 1.165) is 28.2 Å². The van der Waals surface area contributed by atoms with E-state index in [1.807, 2.05) is 77.4 Å². The van der Waals surface area contributed by atoms with Gasteiger partial charge in [0.15, 0.2) is 5.82 Å². The lowest BCUT2D eigenvalue weighted by atomic mass is 9.81. The predicted molar refractivity (Wildman–Crippen MR) is 167 cm³/mol. The molecule has 1 aliphatic heterocycles. The normalized spacial score (nSPS) is 18.4. The lowest BCUT2D eigenvalue weighted by Crippen LogP contribution is -2.43. The number of nitrogens with zero attached hydrogens (tertiary/aromatic N) is 8. The minimum atomic E-state index is -0.406. The number of aromatic nitrogens is 7. The largest absolute Gasteiger partial charge is 0.300 e. The molecule has 8 nitrogen and oxygen atoms in total. The summed E-state index contributed by atoms with van der Waals surface area (Å²) in [6.45, 7) is 2.24. The molecule has 2 unspecified atom stereocenters. The number of allylic oxidation sites excluding steroid dienone is 2. The summed E-state index contributed by atoms with van der Waals surface area (Å²) in [7, 11) is 0. The van der Waals surface area contributed by atoms with Crippen molar-refractivity contribution in [1.82, 2.24) is 34.7 Å². The van der Waals surface area contributed by atoms with E-state index in [1.54, 1.807) is 12.7 Å². The van der Waals surface area contributed by atoms with Crippen LogP contribution in [0.3, 0.4) is 0 Å². The van der Waals surface area contributed by atoms with Crippen LogP contribution < -0.4 is 4.90 Å². The van der Waals surface area contributed by atoms with Gasteiger partial charge in [-0.25, -0.2) is 24.5 Å². The fraction of sp³-hybridized carbons (Fsp3) is 0.0857. The third-order valence-corrected chi connectivity index (χ3v) is 8.24. The summed E-state index contributed by atoms with van der Waals surface area (Å²) in [6.07, 6.45) is 11.9. The highest BCUT2D eigenvalue weighted by Crippen LogP contribution is 2.53. The summed E-state index contributed by atoms with van der Waals surface area (Å²) in [5.74, 6) is 2.00. The number of anilines is 2. The van der Waals surface area contributed by atoms with Gasteiger partial charge in [0.1, 0.15) is 24.2 Å². The van der Waals surface area contributed by atoms with Gasteiger partial charge in [-0.15, -0.1) is 10.2 Å². The lowest BCUT2D eigenvalue weighted by Gasteiger charge is -2.38. The number of para-hydroxylation sites is 1. The first-order chi connectivity index (χ1) is 21.2. The summed E-state index contributed by atoms with van der Waals surface area (Å²) in [5, 5.41) is 9.62. The molecule has 2 aliphatic rings. The van der Waals surface area contributed by atoms with E-state index in [0.29, 0.717) is 23.3 Å². The molecule has 0 radical (unpaired) electrons. The molecule has 4 heterocycles. The van der Waals surface area contributed by atoms with Gasteiger partial charge in [0, 0.05) is 28.8 Å². The van der Waals surface area contributed by atoms with Crippen molar-refractivity contribution >= 4 is 11.6 Å². The van der Waals surface area contributed by atoms with Gasteiger partial charge < -0.3 is 0 Å². The zero-order valence-electron chi connectivity index (χ0n) is 23.4. The van der Waals surface area contributed by atoms with Crippen LogP contribution in [0.1, 0.15) is 18.4 Å². The molecule has 0 fully saturated rings. The van der Waals surface area contributed by atoms with Gasteiger partial charge in [0.2, 0.25) is 5.95 Å². The van der Waals surface area contributed by atoms with Crippen LogP contribution in [0, 0.1) is 0 Å². The van der Waals surface area contributed by atoms with Crippen molar-refractivity contribution in [2.75, 3.05) is 4.90 Å². The highest BCUT2D eigenvalue weighted by molar-refractivity contribution is 5.77. The number of rotatable bonds is 5. The molecule has 6 aromatic rings. The Morgan fingerprint density at radius 3 is 2.07 bits per heavy atom. The average molecular weight is 559 g/mol. The number of fused-ring (bicyclic) bond motifs is 3. The molecular formula is C35H26N8. The molecule has 0 saturated heterocycles. The van der Waals surface area contributed by atoms with Crippen molar-refractivity contribution in [1.29, 1.82) is 0 Å². The van der Waals surface area contributed by atoms with Gasteiger partial charge in [-0.3, -0.25) is 4.90 Å². The lowest BCUT2D eigenvalue weighted by molar-refractivity contribution is 0.532. The second-order valence-corrected chi connectivity index (χ2v) is 10.8. The molecule has 2 atom stereocenters. The second-order valence-electron chi connectivity index (χ2n) is 10.8. The Kier molecular flexibility index (Phi) is 5.78. The molecule has 1 aliphatic carbocycles. The zero-order valence-corrected chi connectivity index (χ0v) is 23.4. The topological polar surface area (TPSA) is 85.5 Å². The Balaban J connectivity index is 1.36. The third kappa shape index (κ3) is 4.06. The fourth-order valence-corrected chi connectivity index (χ4v) is 6.17. The minimum absolute atomic E-state index is 0.149. The van der Waals surface area contributed by atoms with E-state index < -0.39 is 5.54 Å². The van der Waals surface area contributed by atoms with Crippen LogP contribution in [0.2, 0.25) is 0 Å². The van der Waals surface area contributed by atoms with E-state index in [1.165, 1.54) is 5.56 Å². The molecule has 0 saturated carbocycles. The highest BCUT2D eigenvalue weighted by Gasteiger charge is 2.49. The van der Waals surface area contributed by atoms with Gasteiger partial charge >= 0.3 is 0 Å². The standard InChI is InChI=1S/C35H26N8/c1-35-19-11-10-17-27(35)26-16-8-9-18-31(26)43(35)34-41-40-33(30-20-28(36-22-38-30)24-12-4-2-5-13-24)42(34)32-21-29(37-23-39-32)25-14-6-3-7-15-25/h2-23,27H,1H3. The second kappa shape index (κ2) is 9.95. The zero-order chi connectivity index (χ0) is 28.8. The van der Waals surface area contributed by atoms with Gasteiger partial charge in [-0.2, -0.15) is 0 Å². The first kappa shape index (κ1) is 25.0. The van der Waals surface area contributed by atoms with Crippen molar-refractivity contribution in [3.8, 4) is 39.9 Å². The van der Waals surface area contributed by atoms with Crippen molar-refractivity contribution in [3.63, 3.8) is 0 Å². The minimum Gasteiger partial charge on any atom is -0.300 e. The van der Waals surface area contributed by atoms with Crippen LogP contribution >= 0.6 is 0 Å². The molecule has 0 bridgehead atoms. The van der Waals surface area contributed by atoms with E-state index in [-0.39, 0.29) is 5.92 Å². The van der Waals surface area contributed by atoms with Gasteiger partial charge in [-0.1, -0.05) is 103 Å². The molecule has 43 heavy (non-hydrogen) atoms. The molecule has 3 aromatic carbocycles. The first-order valence-corrected chi connectivity index (χ1v) is 14.2. The Morgan fingerprint density at radius 2 is 1.30 bits per heavy atom. The average Bonchev–Trinajstić information content (AvgIpc) is 3.62. The van der Waals surface area contributed by atoms with Crippen LogP contribution in [0.5, 0.6) is 0 Å². The summed E-state index contributed by atoms with van der Waals surface area (Å²) in [5.41, 5.74) is 6.14. The predicted octanol–water partition coefficient (Wildman–Crippen LogP) is 6.97. The summed E-state index contributed by atoms with van der Waals surface area (Å²) >= 11 is 0. The van der Waals surface area contributed by atoms with Crippen LogP contribution in [-0.2, 0) is 0 Å². The van der Waals surface area contributed by atoms with Crippen LogP contribution in [0.15, 0.2) is 134 Å². The summed E-state index contributed by atoms with van der Waals surface area (Å²) < 4.78 is 1.99. The Labute approximate surface area is 248 Å². The maximum atomic E-state index is 4.85. The van der Waals surface area contributed by atoms with E-state index in [2.05, 4.69) is 75.3 Å². The van der Waals surface area contributed by atoms with Gasteiger partial charge in [-0.05, 0) is 24.6 Å². The summed E-state index contributed by atoms with van der Waals surface area (Å²) in [6, 6.07) is 32.6. The fourth-order valence-electron chi connectivity index (χ4n) is 6.17. The smallest absolute Gasteiger partial charge is 0.238 e. The summed E-state index contributed by atoms with van der Waals surface area (Å²) in [4.78, 5) is 20.8. The number of hydrogen-bond acceptors (Lipinski definition) is 7. The Bertz CT molecular complexity index is 2010. The SMILES string of the molecule is CC12C=CC=CC1c1ccccc1N2c1nnc(-c2cc(-c3ccccc3)ncn2)n1-c1cc(-c2ccccc2)ncn1. The molecule has 8 rings (SSSR count). The van der Waals surface area contributed by atoms with E-state index >= 15 is 0 Å². The number of benzene rings is 3. The van der Waals surface area contributed by atoms with E-state index in [9.17, 15) is 0 Å².